The summed E-state index contributed by atoms with van der Waals surface area (Å²) in [4.78, 5) is 0. The van der Waals surface area contributed by atoms with Crippen LogP contribution in [0.4, 0.5) is 8.78 Å². The summed E-state index contributed by atoms with van der Waals surface area (Å²) in [6.45, 7) is 0.0947. The van der Waals surface area contributed by atoms with Gasteiger partial charge in [0.15, 0.2) is 5.67 Å². The van der Waals surface area contributed by atoms with Crippen molar-refractivity contribution < 1.29 is 14.0 Å². The van der Waals surface area contributed by atoms with E-state index in [1.165, 1.54) is 6.07 Å². The number of hydrogen-bond acceptors (Lipinski definition) is 2. The van der Waals surface area contributed by atoms with Gasteiger partial charge in [0.05, 0.1) is 6.54 Å². The highest BCUT2D eigenvalue weighted by Crippen LogP contribution is 2.36. The number of rotatable bonds is 1. The van der Waals surface area contributed by atoms with Crippen molar-refractivity contribution in [3.8, 4) is 0 Å². The Labute approximate surface area is 91.0 Å². The van der Waals surface area contributed by atoms with Crippen molar-refractivity contribution in [1.82, 2.24) is 5.06 Å². The summed E-state index contributed by atoms with van der Waals surface area (Å²) < 4.78 is 27.2. The van der Waals surface area contributed by atoms with Gasteiger partial charge in [-0.25, -0.2) is 8.78 Å². The summed E-state index contributed by atoms with van der Waals surface area (Å²) in [6, 6.07) is 3.63. The molecule has 1 N–H and O–H groups in total. The average molecular weight is 234 g/mol. The Morgan fingerprint density at radius 3 is 2.67 bits per heavy atom. The summed E-state index contributed by atoms with van der Waals surface area (Å²) in [5.41, 5.74) is -1.52. The molecule has 82 valence electrons. The monoisotopic (exact) mass is 233 g/mol. The molecule has 0 amide bonds. The predicted molar refractivity (Wildman–Crippen MR) is 52.2 cm³/mol. The standard InChI is InChI=1S/C10H10ClF2NO/c11-8-3-7(4-9(12)5-8)10(13)1-2-14(15)6-10/h3-5,15H,1-2,6H2. The zero-order chi connectivity index (χ0) is 11.1. The minimum Gasteiger partial charge on any atom is -0.314 e. The normalized spacial score (nSPS) is 27.2. The van der Waals surface area contributed by atoms with Crippen molar-refractivity contribution in [3.63, 3.8) is 0 Å². The van der Waals surface area contributed by atoms with E-state index < -0.39 is 11.5 Å². The lowest BCUT2D eigenvalue weighted by atomic mass is 9.95. The molecular weight excluding hydrogens is 224 g/mol. The zero-order valence-corrected chi connectivity index (χ0v) is 8.64. The van der Waals surface area contributed by atoms with E-state index in [4.69, 9.17) is 16.8 Å². The molecule has 5 heteroatoms. The van der Waals surface area contributed by atoms with Crippen LogP contribution < -0.4 is 0 Å². The third kappa shape index (κ3) is 2.12. The topological polar surface area (TPSA) is 23.5 Å². The van der Waals surface area contributed by atoms with Crippen LogP contribution in [0, 0.1) is 5.82 Å². The lowest BCUT2D eigenvalue weighted by Gasteiger charge is -2.19. The van der Waals surface area contributed by atoms with Gasteiger partial charge in [0.1, 0.15) is 5.82 Å². The summed E-state index contributed by atoms with van der Waals surface area (Å²) >= 11 is 5.64. The van der Waals surface area contributed by atoms with Crippen molar-refractivity contribution in [2.45, 2.75) is 12.1 Å². The van der Waals surface area contributed by atoms with Gasteiger partial charge in [0.25, 0.3) is 0 Å². The Balaban J connectivity index is 2.36. The van der Waals surface area contributed by atoms with E-state index in [9.17, 15) is 8.78 Å². The van der Waals surface area contributed by atoms with Crippen molar-refractivity contribution in [2.75, 3.05) is 13.1 Å². The molecule has 2 nitrogen and oxygen atoms in total. The Hall–Kier alpha value is -0.710. The molecule has 1 aromatic carbocycles. The molecule has 0 spiro atoms. The molecule has 1 aromatic rings. The van der Waals surface area contributed by atoms with Gasteiger partial charge < -0.3 is 5.21 Å². The highest BCUT2D eigenvalue weighted by molar-refractivity contribution is 6.30. The first-order valence-corrected chi connectivity index (χ1v) is 4.97. The van der Waals surface area contributed by atoms with E-state index in [1.807, 2.05) is 0 Å². The Bertz CT molecular complexity index is 367. The van der Waals surface area contributed by atoms with Gasteiger partial charge in [-0.1, -0.05) is 11.6 Å². The fraction of sp³-hybridized carbons (Fsp3) is 0.400. The smallest absolute Gasteiger partial charge is 0.152 e. The zero-order valence-electron chi connectivity index (χ0n) is 7.88. The largest absolute Gasteiger partial charge is 0.314 e. The van der Waals surface area contributed by atoms with Crippen LogP contribution in [0.2, 0.25) is 5.02 Å². The molecule has 1 aliphatic heterocycles. The lowest BCUT2D eigenvalue weighted by molar-refractivity contribution is -0.0805. The maximum atomic E-state index is 14.2. The van der Waals surface area contributed by atoms with Crippen molar-refractivity contribution >= 4 is 11.6 Å². The van der Waals surface area contributed by atoms with Crippen LogP contribution in [-0.2, 0) is 5.67 Å². The molecule has 1 unspecified atom stereocenters. The van der Waals surface area contributed by atoms with Crippen LogP contribution in [-0.4, -0.2) is 23.4 Å². The second-order valence-electron chi connectivity index (χ2n) is 3.76. The molecule has 0 radical (unpaired) electrons. The quantitative estimate of drug-likeness (QED) is 0.806. The van der Waals surface area contributed by atoms with Crippen molar-refractivity contribution in [2.24, 2.45) is 0 Å². The third-order valence-electron chi connectivity index (χ3n) is 2.58. The number of halogens is 3. The maximum absolute atomic E-state index is 14.2. The van der Waals surface area contributed by atoms with E-state index in [-0.39, 0.29) is 30.1 Å². The van der Waals surface area contributed by atoms with Crippen LogP contribution >= 0.6 is 11.6 Å². The molecular formula is C10H10ClF2NO. The van der Waals surface area contributed by atoms with Gasteiger partial charge in [0.2, 0.25) is 0 Å². The van der Waals surface area contributed by atoms with E-state index >= 15 is 0 Å². The Morgan fingerprint density at radius 2 is 2.13 bits per heavy atom. The molecule has 1 fully saturated rings. The van der Waals surface area contributed by atoms with Crippen LogP contribution in [0.15, 0.2) is 18.2 Å². The van der Waals surface area contributed by atoms with E-state index in [0.29, 0.717) is 0 Å². The number of hydrogen-bond donors (Lipinski definition) is 1. The molecule has 2 rings (SSSR count). The Morgan fingerprint density at radius 1 is 1.40 bits per heavy atom. The molecule has 15 heavy (non-hydrogen) atoms. The number of benzene rings is 1. The first-order chi connectivity index (χ1) is 6.99. The fourth-order valence-electron chi connectivity index (χ4n) is 1.80. The molecule has 1 atom stereocenters. The molecule has 1 aliphatic rings. The minimum absolute atomic E-state index is 0.142. The van der Waals surface area contributed by atoms with Crippen LogP contribution in [0.25, 0.3) is 0 Å². The summed E-state index contributed by atoms with van der Waals surface area (Å²) in [5, 5.41) is 10.2. The van der Waals surface area contributed by atoms with Gasteiger partial charge >= 0.3 is 0 Å². The average Bonchev–Trinajstić information content (AvgIpc) is 2.46. The summed E-state index contributed by atoms with van der Waals surface area (Å²) in [6.07, 6.45) is 0.142. The van der Waals surface area contributed by atoms with Crippen molar-refractivity contribution in [3.05, 3.63) is 34.6 Å². The molecule has 0 saturated carbocycles. The van der Waals surface area contributed by atoms with E-state index in [1.54, 1.807) is 0 Å². The number of nitrogens with zero attached hydrogens (tertiary/aromatic N) is 1. The minimum atomic E-state index is -1.71. The van der Waals surface area contributed by atoms with Crippen LogP contribution in [0.3, 0.4) is 0 Å². The SMILES string of the molecule is ON1CCC(F)(c2cc(F)cc(Cl)c2)C1. The highest BCUT2D eigenvalue weighted by Gasteiger charge is 2.40. The fourth-order valence-corrected chi connectivity index (χ4v) is 2.02. The Kier molecular flexibility index (Phi) is 2.66. The second kappa shape index (κ2) is 3.70. The maximum Gasteiger partial charge on any atom is 0.152 e. The van der Waals surface area contributed by atoms with Gasteiger partial charge in [-0.05, 0) is 23.8 Å². The van der Waals surface area contributed by atoms with Gasteiger partial charge in [-0.2, -0.15) is 5.06 Å². The predicted octanol–water partition coefficient (Wildman–Crippen LogP) is 2.74. The van der Waals surface area contributed by atoms with E-state index in [2.05, 4.69) is 0 Å². The van der Waals surface area contributed by atoms with E-state index in [0.717, 1.165) is 17.2 Å². The van der Waals surface area contributed by atoms with Crippen LogP contribution in [0.5, 0.6) is 0 Å². The third-order valence-corrected chi connectivity index (χ3v) is 2.80. The van der Waals surface area contributed by atoms with Gasteiger partial charge in [0, 0.05) is 18.0 Å². The van der Waals surface area contributed by atoms with Crippen molar-refractivity contribution in [1.29, 1.82) is 0 Å². The second-order valence-corrected chi connectivity index (χ2v) is 4.20. The summed E-state index contributed by atoms with van der Waals surface area (Å²) in [5.74, 6) is -0.564. The lowest BCUT2D eigenvalue weighted by Crippen LogP contribution is -2.25. The molecule has 0 bridgehead atoms. The van der Waals surface area contributed by atoms with Gasteiger partial charge in [-0.3, -0.25) is 0 Å². The molecule has 1 saturated heterocycles. The first-order valence-electron chi connectivity index (χ1n) is 4.59. The first kappa shape index (κ1) is 10.8. The highest BCUT2D eigenvalue weighted by atomic mass is 35.5. The molecule has 0 aliphatic carbocycles. The number of alkyl halides is 1. The number of hydroxylamine groups is 2. The van der Waals surface area contributed by atoms with Gasteiger partial charge in [-0.15, -0.1) is 0 Å². The van der Waals surface area contributed by atoms with Crippen LogP contribution in [0.1, 0.15) is 12.0 Å². The molecule has 1 heterocycles. The molecule has 0 aromatic heterocycles. The summed E-state index contributed by atoms with van der Waals surface area (Å²) in [7, 11) is 0.